The van der Waals surface area contributed by atoms with Crippen LogP contribution in [0.25, 0.3) is 54.0 Å². The van der Waals surface area contributed by atoms with Crippen LogP contribution in [0.4, 0.5) is 4.79 Å². The van der Waals surface area contributed by atoms with Crippen LogP contribution in [0.2, 0.25) is 0 Å². The Labute approximate surface area is 561 Å². The summed E-state index contributed by atoms with van der Waals surface area (Å²) in [6.45, 7) is 14.4. The van der Waals surface area contributed by atoms with Gasteiger partial charge < -0.3 is 0 Å². The normalized spacial score (nSPS) is 19.9. The van der Waals surface area contributed by atoms with E-state index in [1.165, 1.54) is 226 Å². The lowest BCUT2D eigenvalue weighted by atomic mass is 9.68. The van der Waals surface area contributed by atoms with Gasteiger partial charge in [0, 0.05) is 66.7 Å². The summed E-state index contributed by atoms with van der Waals surface area (Å²) in [6.07, 6.45) is 44.1. The van der Waals surface area contributed by atoms with Crippen molar-refractivity contribution in [1.82, 2.24) is 28.0 Å². The van der Waals surface area contributed by atoms with E-state index in [9.17, 15) is 9.59 Å². The monoisotopic (exact) mass is 1330 g/mol. The second-order valence-electron chi connectivity index (χ2n) is 25.5. The van der Waals surface area contributed by atoms with Crippen molar-refractivity contribution in [2.24, 2.45) is 0 Å². The Kier molecular flexibility index (Phi) is 23.0. The van der Waals surface area contributed by atoms with Gasteiger partial charge in [0.1, 0.15) is 20.3 Å². The van der Waals surface area contributed by atoms with Gasteiger partial charge in [-0.25, -0.2) is 9.44 Å². The number of allylic oxidation sites excluding steroid dienone is 2. The molecule has 3 saturated heterocycles. The van der Waals surface area contributed by atoms with E-state index in [1.54, 1.807) is 44.2 Å². The molecule has 0 spiro atoms. The van der Waals surface area contributed by atoms with Crippen molar-refractivity contribution in [2.45, 2.75) is 244 Å². The van der Waals surface area contributed by atoms with Crippen molar-refractivity contribution in [3.05, 3.63) is 103 Å². The fourth-order valence-electron chi connectivity index (χ4n) is 15.0. The van der Waals surface area contributed by atoms with Crippen LogP contribution in [0.15, 0.2) is 70.0 Å². The third-order valence-electron chi connectivity index (χ3n) is 19.8. The summed E-state index contributed by atoms with van der Waals surface area (Å²) in [6, 6.07) is 15.4. The maximum atomic E-state index is 13.5. The quantitative estimate of drug-likeness (QED) is 0.0179. The van der Waals surface area contributed by atoms with E-state index in [0.29, 0.717) is 27.3 Å². The topological polar surface area (TPSA) is 90.5 Å². The van der Waals surface area contributed by atoms with Crippen LogP contribution in [0.1, 0.15) is 254 Å². The zero-order valence-corrected chi connectivity index (χ0v) is 59.5. The molecule has 6 heterocycles. The van der Waals surface area contributed by atoms with Crippen molar-refractivity contribution < 1.29 is 9.59 Å². The predicted molar refractivity (Wildman–Crippen MR) is 392 cm³/mol. The molecule has 2 N–H and O–H groups in total. The Hall–Kier alpha value is -3.29. The van der Waals surface area contributed by atoms with Crippen LogP contribution < -0.4 is 9.44 Å². The van der Waals surface area contributed by atoms with Gasteiger partial charge in [0.2, 0.25) is 0 Å². The summed E-state index contributed by atoms with van der Waals surface area (Å²) in [5, 5.41) is -0.0150. The minimum Gasteiger partial charge on any atom is -0.293 e. The number of aromatic nitrogens is 2. The number of carbonyl (C=O) groups excluding carboxylic acids is 2. The van der Waals surface area contributed by atoms with Gasteiger partial charge in [0.05, 0.1) is 33.6 Å². The minimum atomic E-state index is -0.118. The van der Waals surface area contributed by atoms with E-state index in [-0.39, 0.29) is 34.1 Å². The lowest BCUT2D eigenvalue weighted by molar-refractivity contribution is -0.122. The number of rotatable bonds is 34. The van der Waals surface area contributed by atoms with Gasteiger partial charge in [-0.05, 0) is 132 Å². The summed E-state index contributed by atoms with van der Waals surface area (Å²) >= 11 is 21.0. The van der Waals surface area contributed by atoms with E-state index in [4.69, 9.17) is 33.2 Å². The molecule has 470 valence electrons. The highest BCUT2D eigenvalue weighted by Crippen LogP contribution is 2.65. The van der Waals surface area contributed by atoms with Gasteiger partial charge >= 0.3 is 0 Å². The average Bonchev–Trinajstić information content (AvgIpc) is 1.60. The first-order valence-electron chi connectivity index (χ1n) is 33.9. The molecule has 8 nitrogen and oxygen atoms in total. The lowest BCUT2D eigenvalue weighted by Gasteiger charge is -2.35. The Morgan fingerprint density at radius 1 is 0.523 bits per heavy atom. The van der Waals surface area contributed by atoms with Gasteiger partial charge in [0.15, 0.2) is 0 Å². The summed E-state index contributed by atoms with van der Waals surface area (Å²) in [4.78, 5) is 37.6. The van der Waals surface area contributed by atoms with Crippen LogP contribution >= 0.6 is 94.5 Å². The Morgan fingerprint density at radius 2 is 1.02 bits per heavy atom. The van der Waals surface area contributed by atoms with Crippen LogP contribution in [0.3, 0.4) is 0 Å². The second-order valence-corrected chi connectivity index (χ2v) is 31.8. The molecule has 0 radical (unpaired) electrons. The number of fused-ring (bicyclic) bond motifs is 8. The number of thioether (sulfide) groups is 2. The summed E-state index contributed by atoms with van der Waals surface area (Å²) in [5.41, 5.74) is 15.4. The van der Waals surface area contributed by atoms with Gasteiger partial charge in [0.25, 0.3) is 11.1 Å². The standard InChI is InChI=1S/C72H92N6O2S8/c1-7-13-17-21-25-29-37-71(38-30-26-22-18-14-8-2)53-44-52-54(43-51(53)65-55(71)45-57(83-65)49-35-33-47(61-63(49)75-87-73-61)41-59-67(79)77(11-5)70(82)86-59)72(39-31-27-23-19-15-9-3,40-32-28-24-20-16-10-4)56-46-58(84-66(52)56)50-36-34-48(62-64(50)76-88-74-62)42-60-68(81)78(12-6)69(80)85-60/h33-36,41-46,61,63,73,75H,7-32,37-40H2,1-6H3/b59-41-,60-42-. The second kappa shape index (κ2) is 30.6. The first kappa shape index (κ1) is 66.2. The van der Waals surface area contributed by atoms with E-state index >= 15 is 0 Å². The predicted octanol–water partition coefficient (Wildman–Crippen LogP) is 22.5. The molecule has 11 rings (SSSR count). The first-order chi connectivity index (χ1) is 43.0. The SMILES string of the molecule is CCCCCCCCC1(CCCCCCCC)c2cc3c(cc2-c2sc(C4=CC=C(/C=C5\SC(=S)N(CC)C5=O)C5NSNC45)cc21)C(CCCCCCCC)(CCCCCCCC)c1cc(-c2ccc(/C=C4\SC(=O)N(CC)C4=S)c4nsnc24)sc1-3. The summed E-state index contributed by atoms with van der Waals surface area (Å²) < 4.78 is 18.2. The molecule has 88 heavy (non-hydrogen) atoms. The van der Waals surface area contributed by atoms with Crippen molar-refractivity contribution in [3.8, 4) is 31.3 Å². The number of thiocarbonyl (C=S) groups is 2. The van der Waals surface area contributed by atoms with Crippen LogP contribution in [-0.4, -0.2) is 64.2 Å². The molecule has 6 aliphatic rings. The molecule has 0 bridgehead atoms. The molecule has 2 atom stereocenters. The van der Waals surface area contributed by atoms with Crippen molar-refractivity contribution in [3.63, 3.8) is 0 Å². The molecule has 2 unspecified atom stereocenters. The molecule has 3 aliphatic carbocycles. The molecule has 0 saturated carbocycles. The minimum absolute atomic E-state index is 0.0106. The van der Waals surface area contributed by atoms with E-state index < -0.39 is 0 Å². The number of amides is 2. The molecule has 5 aromatic rings. The van der Waals surface area contributed by atoms with Crippen molar-refractivity contribution in [2.75, 3.05) is 13.1 Å². The number of nitrogens with one attached hydrogen (secondary N) is 2. The van der Waals surface area contributed by atoms with Gasteiger partial charge in [-0.2, -0.15) is 8.75 Å². The molecule has 2 aromatic carbocycles. The fourth-order valence-corrected chi connectivity index (χ4v) is 21.8. The molecule has 2 amide bonds. The van der Waals surface area contributed by atoms with Crippen LogP contribution in [-0.2, 0) is 15.6 Å². The highest BCUT2D eigenvalue weighted by Gasteiger charge is 2.50. The molecular formula is C72H92N6O2S8. The summed E-state index contributed by atoms with van der Waals surface area (Å²) in [7, 11) is 0. The zero-order valence-electron chi connectivity index (χ0n) is 53.0. The number of carbonyl (C=O) groups is 2. The molecule has 3 aliphatic heterocycles. The van der Waals surface area contributed by atoms with Gasteiger partial charge in [-0.15, -0.1) is 22.7 Å². The molecule has 16 heteroatoms. The summed E-state index contributed by atoms with van der Waals surface area (Å²) in [5.74, 6) is 0.0106. The third-order valence-corrected chi connectivity index (χ3v) is 26.4. The third kappa shape index (κ3) is 13.4. The van der Waals surface area contributed by atoms with Crippen LogP contribution in [0.5, 0.6) is 0 Å². The van der Waals surface area contributed by atoms with Gasteiger partial charge in [-0.3, -0.25) is 19.4 Å². The highest BCUT2D eigenvalue weighted by molar-refractivity contribution is 8.26. The lowest BCUT2D eigenvalue weighted by Crippen LogP contribution is -2.37. The fraction of sp³-hybridized carbons (Fsp3) is 0.556. The van der Waals surface area contributed by atoms with Gasteiger partial charge in [-0.1, -0.05) is 242 Å². The van der Waals surface area contributed by atoms with E-state index in [1.807, 2.05) is 25.2 Å². The van der Waals surface area contributed by atoms with Crippen LogP contribution in [0, 0.1) is 0 Å². The Balaban J connectivity index is 1.06. The van der Waals surface area contributed by atoms with Crippen molar-refractivity contribution in [1.29, 1.82) is 0 Å². The average molecular weight is 1330 g/mol. The maximum absolute atomic E-state index is 13.5. The van der Waals surface area contributed by atoms with E-state index in [2.05, 4.69) is 109 Å². The number of unbranched alkanes of at least 4 members (excludes halogenated alkanes) is 20. The number of benzene rings is 2. The van der Waals surface area contributed by atoms with Crippen molar-refractivity contribution >= 4 is 138 Å². The number of hydrogen-bond donors (Lipinski definition) is 2. The molecule has 3 aromatic heterocycles. The molecular weight excluding hydrogens is 1240 g/mol. The van der Waals surface area contributed by atoms with E-state index in [0.717, 1.165) is 58.3 Å². The number of thiophene rings is 2. The number of hydrogen-bond acceptors (Lipinski definition) is 14. The largest absolute Gasteiger partial charge is 0.293 e. The maximum Gasteiger partial charge on any atom is 0.291 e. The zero-order chi connectivity index (χ0) is 61.4. The Bertz CT molecular complexity index is 3460. The highest BCUT2D eigenvalue weighted by atomic mass is 32.2. The Morgan fingerprint density at radius 3 is 1.55 bits per heavy atom. The number of likely N-dealkylation sites (N-methyl/N-ethyl adjacent to an activating group) is 2. The number of nitrogens with zero attached hydrogens (tertiary/aromatic N) is 4. The first-order valence-corrected chi connectivity index (χ1v) is 39.5. The smallest absolute Gasteiger partial charge is 0.291 e. The molecule has 3 fully saturated rings.